The lowest BCUT2D eigenvalue weighted by Gasteiger charge is -2.49. The quantitative estimate of drug-likeness (QED) is 0.399. The van der Waals surface area contributed by atoms with E-state index in [1.54, 1.807) is 28.6 Å². The maximum atomic E-state index is 12.9. The molecule has 0 radical (unpaired) electrons. The number of piperazine rings is 1. The van der Waals surface area contributed by atoms with Gasteiger partial charge >= 0.3 is 0 Å². The predicted molar refractivity (Wildman–Crippen MR) is 144 cm³/mol. The third-order valence-corrected chi connectivity index (χ3v) is 8.06. The van der Waals surface area contributed by atoms with E-state index in [0.29, 0.717) is 0 Å². The molecular weight excluding hydrogens is 466 g/mol. The Balaban J connectivity index is 1.51. The molecule has 1 saturated heterocycles. The molecular formula is C27H35N9O. The molecule has 10 nitrogen and oxygen atoms in total. The molecule has 0 spiro atoms. The van der Waals surface area contributed by atoms with Crippen LogP contribution in [0.15, 0.2) is 29.3 Å². The molecule has 3 atom stereocenters. The minimum atomic E-state index is -0.0679. The van der Waals surface area contributed by atoms with E-state index in [1.807, 2.05) is 17.6 Å². The number of pyridine rings is 1. The first kappa shape index (κ1) is 25.0. The second kappa shape index (κ2) is 9.63. The summed E-state index contributed by atoms with van der Waals surface area (Å²) >= 11 is 0. The minimum Gasteiger partial charge on any atom is -0.364 e. The molecule has 37 heavy (non-hydrogen) atoms. The number of anilines is 1. The number of nitriles is 1. The lowest BCUT2D eigenvalue weighted by molar-refractivity contribution is 0.0992. The molecule has 5 heterocycles. The van der Waals surface area contributed by atoms with Crippen LogP contribution in [0, 0.1) is 25.2 Å². The van der Waals surface area contributed by atoms with E-state index in [2.05, 4.69) is 54.7 Å². The molecule has 0 aromatic carbocycles. The number of rotatable bonds is 6. The van der Waals surface area contributed by atoms with Gasteiger partial charge in [0.05, 0.1) is 34.9 Å². The van der Waals surface area contributed by atoms with Crippen molar-refractivity contribution in [1.82, 2.24) is 33.8 Å². The molecule has 0 N–H and O–H groups in total. The van der Waals surface area contributed by atoms with E-state index in [4.69, 9.17) is 10.1 Å². The van der Waals surface area contributed by atoms with Gasteiger partial charge < -0.3 is 9.47 Å². The first-order valence-electron chi connectivity index (χ1n) is 13.1. The summed E-state index contributed by atoms with van der Waals surface area (Å²) < 4.78 is 5.09. The fourth-order valence-corrected chi connectivity index (χ4v) is 5.63. The van der Waals surface area contributed by atoms with Gasteiger partial charge in [0, 0.05) is 56.1 Å². The molecule has 4 aromatic heterocycles. The van der Waals surface area contributed by atoms with Crippen LogP contribution >= 0.6 is 0 Å². The smallest absolute Gasteiger partial charge is 0.252 e. The Kier molecular flexibility index (Phi) is 6.50. The fourth-order valence-electron chi connectivity index (χ4n) is 5.63. The summed E-state index contributed by atoms with van der Waals surface area (Å²) in [4.78, 5) is 22.9. The molecule has 0 unspecified atom stereocenters. The van der Waals surface area contributed by atoms with Crippen molar-refractivity contribution in [2.75, 3.05) is 18.0 Å². The second-order valence-corrected chi connectivity index (χ2v) is 10.1. The van der Waals surface area contributed by atoms with E-state index in [-0.39, 0.29) is 30.2 Å². The third-order valence-electron chi connectivity index (χ3n) is 8.06. The zero-order valence-electron chi connectivity index (χ0n) is 22.5. The van der Waals surface area contributed by atoms with E-state index in [9.17, 15) is 10.1 Å². The molecule has 5 rings (SSSR count). The lowest BCUT2D eigenvalue weighted by atomic mass is 9.98. The van der Waals surface area contributed by atoms with Gasteiger partial charge in [0.25, 0.3) is 5.56 Å². The van der Waals surface area contributed by atoms with Gasteiger partial charge in [-0.3, -0.25) is 14.4 Å². The maximum absolute atomic E-state index is 12.9. The van der Waals surface area contributed by atoms with Gasteiger partial charge in [-0.2, -0.15) is 15.5 Å². The summed E-state index contributed by atoms with van der Waals surface area (Å²) in [6.45, 7) is 12.5. The van der Waals surface area contributed by atoms with E-state index in [1.165, 1.54) is 0 Å². The molecule has 4 aromatic rings. The molecule has 10 heteroatoms. The second-order valence-electron chi connectivity index (χ2n) is 10.1. The van der Waals surface area contributed by atoms with E-state index in [0.717, 1.165) is 65.3 Å². The van der Waals surface area contributed by atoms with Gasteiger partial charge in [-0.05, 0) is 39.7 Å². The van der Waals surface area contributed by atoms with E-state index < -0.39 is 0 Å². The van der Waals surface area contributed by atoms with Gasteiger partial charge in [-0.1, -0.05) is 13.8 Å². The van der Waals surface area contributed by atoms with Crippen LogP contribution in [-0.4, -0.2) is 59.0 Å². The first-order chi connectivity index (χ1) is 17.8. The highest BCUT2D eigenvalue weighted by Gasteiger charge is 2.36. The van der Waals surface area contributed by atoms with Crippen molar-refractivity contribution in [3.8, 4) is 6.07 Å². The SMILES string of the molecule is CC[C@H]1CN([C@@H](C)c2ccn3nc(C)c(C)c3n2)[C@H](CC)CN1c1cc(=O)n(C)c2cn(CC#N)nc12. The van der Waals surface area contributed by atoms with Crippen LogP contribution in [-0.2, 0) is 13.6 Å². The van der Waals surface area contributed by atoms with Crippen LogP contribution in [0.3, 0.4) is 0 Å². The van der Waals surface area contributed by atoms with E-state index >= 15 is 0 Å². The highest BCUT2D eigenvalue weighted by atomic mass is 16.1. The van der Waals surface area contributed by atoms with Crippen LogP contribution in [0.5, 0.6) is 0 Å². The van der Waals surface area contributed by atoms with Gasteiger partial charge in [-0.25, -0.2) is 9.50 Å². The number of hydrogen-bond acceptors (Lipinski definition) is 7. The van der Waals surface area contributed by atoms with Crippen LogP contribution in [0.1, 0.15) is 56.6 Å². The molecule has 0 aliphatic carbocycles. The Morgan fingerprint density at radius 1 is 1.16 bits per heavy atom. The zero-order valence-corrected chi connectivity index (χ0v) is 22.5. The van der Waals surface area contributed by atoms with Gasteiger partial charge in [0.15, 0.2) is 5.65 Å². The van der Waals surface area contributed by atoms with Crippen molar-refractivity contribution >= 4 is 22.4 Å². The van der Waals surface area contributed by atoms with Gasteiger partial charge in [-0.15, -0.1) is 0 Å². The van der Waals surface area contributed by atoms with Gasteiger partial charge in [0.1, 0.15) is 12.1 Å². The number of aryl methyl sites for hydroxylation is 3. The zero-order chi connectivity index (χ0) is 26.4. The summed E-state index contributed by atoms with van der Waals surface area (Å²) in [7, 11) is 1.76. The van der Waals surface area contributed by atoms with Crippen LogP contribution < -0.4 is 10.5 Å². The summed E-state index contributed by atoms with van der Waals surface area (Å²) in [5, 5.41) is 18.4. The van der Waals surface area contributed by atoms with Crippen LogP contribution in [0.25, 0.3) is 16.7 Å². The molecule has 1 fully saturated rings. The van der Waals surface area contributed by atoms with Crippen molar-refractivity contribution in [1.29, 1.82) is 5.26 Å². The highest BCUT2D eigenvalue weighted by Crippen LogP contribution is 2.34. The maximum Gasteiger partial charge on any atom is 0.252 e. The Hall–Kier alpha value is -3.71. The van der Waals surface area contributed by atoms with Crippen molar-refractivity contribution in [2.24, 2.45) is 7.05 Å². The molecule has 194 valence electrons. The topological polar surface area (TPSA) is 100 Å². The molecule has 0 bridgehead atoms. The van der Waals surface area contributed by atoms with Crippen molar-refractivity contribution < 1.29 is 0 Å². The largest absolute Gasteiger partial charge is 0.364 e. The summed E-state index contributed by atoms with van der Waals surface area (Å²) in [6, 6.07) is 6.57. The highest BCUT2D eigenvalue weighted by molar-refractivity contribution is 5.88. The van der Waals surface area contributed by atoms with Crippen molar-refractivity contribution in [3.05, 3.63) is 51.8 Å². The normalized spacial score (nSPS) is 19.5. The monoisotopic (exact) mass is 501 g/mol. The fraction of sp³-hybridized carbons (Fsp3) is 0.519. The Morgan fingerprint density at radius 3 is 2.62 bits per heavy atom. The Bertz CT molecular complexity index is 1560. The number of fused-ring (bicyclic) bond motifs is 2. The third kappa shape index (κ3) is 4.17. The Morgan fingerprint density at radius 2 is 1.92 bits per heavy atom. The number of nitrogens with zero attached hydrogens (tertiary/aromatic N) is 9. The summed E-state index contributed by atoms with van der Waals surface area (Å²) in [5.74, 6) is 0. The lowest BCUT2D eigenvalue weighted by Crippen LogP contribution is -2.59. The molecule has 1 aliphatic heterocycles. The number of aromatic nitrogens is 6. The van der Waals surface area contributed by atoms with Crippen LogP contribution in [0.2, 0.25) is 0 Å². The first-order valence-corrected chi connectivity index (χ1v) is 13.1. The average Bonchev–Trinajstić information content (AvgIpc) is 3.45. The predicted octanol–water partition coefficient (Wildman–Crippen LogP) is 3.36. The Labute approximate surface area is 216 Å². The van der Waals surface area contributed by atoms with Crippen molar-refractivity contribution in [3.63, 3.8) is 0 Å². The minimum absolute atomic E-state index is 0.0679. The van der Waals surface area contributed by atoms with Gasteiger partial charge in [0.2, 0.25) is 0 Å². The summed E-state index contributed by atoms with van der Waals surface area (Å²) in [6.07, 6.45) is 5.71. The standard InChI is InChI=1S/C27H35N9O/c1-7-20-15-35(23-13-25(37)32(6)24-16-33(12-10-28)31-26(23)24)21(8-2)14-34(20)19(5)22-9-11-36-27(29-22)17(3)18(4)30-36/h9,11,13,16,19-21H,7-8,12,14-15H2,1-6H3/t19-,20+,21-/m0/s1. The molecule has 0 amide bonds. The van der Waals surface area contributed by atoms with Crippen LogP contribution in [0.4, 0.5) is 5.69 Å². The molecule has 0 saturated carbocycles. The average molecular weight is 502 g/mol. The summed E-state index contributed by atoms with van der Waals surface area (Å²) in [5.41, 5.74) is 6.38. The number of hydrogen-bond donors (Lipinski definition) is 0. The van der Waals surface area contributed by atoms with Crippen molar-refractivity contribution in [2.45, 2.75) is 72.1 Å². The molecule has 1 aliphatic rings.